The van der Waals surface area contributed by atoms with E-state index in [-0.39, 0.29) is 13.1 Å². The van der Waals surface area contributed by atoms with Crippen LogP contribution in [0.25, 0.3) is 0 Å². The maximum absolute atomic E-state index is 12.9. The predicted octanol–water partition coefficient (Wildman–Crippen LogP) is 4.96. The lowest BCUT2D eigenvalue weighted by atomic mass is 9.95. The molecule has 1 amide bonds. The van der Waals surface area contributed by atoms with Crippen LogP contribution in [0, 0.1) is 0 Å². The molecular formula is C24H24N2O3S. The van der Waals surface area contributed by atoms with Crippen LogP contribution >= 0.6 is 11.8 Å². The molecule has 154 valence electrons. The summed E-state index contributed by atoms with van der Waals surface area (Å²) in [6, 6.07) is 18.5. The van der Waals surface area contributed by atoms with Crippen molar-refractivity contribution in [1.82, 2.24) is 4.98 Å². The molecule has 2 aromatic carbocycles. The van der Waals surface area contributed by atoms with Gasteiger partial charge in [0.15, 0.2) is 5.78 Å². The van der Waals surface area contributed by atoms with Crippen molar-refractivity contribution >= 4 is 29.3 Å². The summed E-state index contributed by atoms with van der Waals surface area (Å²) in [6.45, 7) is 0. The molecule has 0 atom stereocenters. The first-order chi connectivity index (χ1) is 14.6. The zero-order valence-corrected chi connectivity index (χ0v) is 17.7. The van der Waals surface area contributed by atoms with E-state index in [0.717, 1.165) is 18.4 Å². The highest BCUT2D eigenvalue weighted by atomic mass is 32.2. The normalized spacial score (nSPS) is 14.1. The summed E-state index contributed by atoms with van der Waals surface area (Å²) in [5.74, 6) is 0.715. The zero-order valence-electron chi connectivity index (χ0n) is 16.8. The minimum absolute atomic E-state index is 0. The van der Waals surface area contributed by atoms with E-state index >= 15 is 0 Å². The second-order valence-electron chi connectivity index (χ2n) is 7.23. The number of carbonyl (C=O) groups excluding carboxylic acids is 2. The van der Waals surface area contributed by atoms with E-state index < -0.39 is 5.41 Å². The lowest BCUT2D eigenvalue weighted by Crippen LogP contribution is -2.28. The Bertz CT molecular complexity index is 1080. The molecule has 30 heavy (non-hydrogen) atoms. The maximum atomic E-state index is 12.9. The molecule has 0 unspecified atom stereocenters. The summed E-state index contributed by atoms with van der Waals surface area (Å²) in [5.41, 5.74) is 1.46. The molecule has 0 aliphatic heterocycles. The molecule has 1 heterocycles. The quantitative estimate of drug-likeness (QED) is 0.432. The number of methoxy groups -OCH3 is 1. The van der Waals surface area contributed by atoms with Crippen LogP contribution in [0.15, 0.2) is 71.8 Å². The van der Waals surface area contributed by atoms with Crippen LogP contribution in [-0.4, -0.2) is 30.0 Å². The number of benzene rings is 2. The standard InChI is InChI=1S/C24H22N2O3S.H2/c1-29-20-6-4-3-5-19(20)22(27)16-7-12-21(25-15-16)26-23(28)24(13-14-24)17-8-10-18(30-2)11-9-17;/h3-12,15H,13-14H2,1-2H3,(H,25,26,28);1H. The van der Waals surface area contributed by atoms with Gasteiger partial charge in [0.05, 0.1) is 18.1 Å². The van der Waals surface area contributed by atoms with Gasteiger partial charge >= 0.3 is 0 Å². The van der Waals surface area contributed by atoms with Gasteiger partial charge in [-0.15, -0.1) is 11.8 Å². The molecule has 0 bridgehead atoms. The minimum atomic E-state index is -0.482. The summed E-state index contributed by atoms with van der Waals surface area (Å²) in [5, 5.41) is 2.91. The van der Waals surface area contributed by atoms with Gasteiger partial charge in [0.1, 0.15) is 11.6 Å². The topological polar surface area (TPSA) is 68.3 Å². The molecule has 1 aliphatic rings. The number of pyridine rings is 1. The molecule has 0 spiro atoms. The van der Waals surface area contributed by atoms with Gasteiger partial charge in [-0.05, 0) is 61.1 Å². The lowest BCUT2D eigenvalue weighted by molar-refractivity contribution is -0.118. The largest absolute Gasteiger partial charge is 0.496 e. The molecule has 0 radical (unpaired) electrons. The van der Waals surface area contributed by atoms with E-state index in [1.807, 2.05) is 36.6 Å². The smallest absolute Gasteiger partial charge is 0.236 e. The number of rotatable bonds is 7. The van der Waals surface area contributed by atoms with Crippen molar-refractivity contribution in [2.45, 2.75) is 23.2 Å². The van der Waals surface area contributed by atoms with Crippen LogP contribution in [-0.2, 0) is 10.2 Å². The van der Waals surface area contributed by atoms with Crippen LogP contribution in [0.3, 0.4) is 0 Å². The Morgan fingerprint density at radius 1 is 1.07 bits per heavy atom. The average Bonchev–Trinajstić information content (AvgIpc) is 3.61. The van der Waals surface area contributed by atoms with Gasteiger partial charge in [-0.3, -0.25) is 9.59 Å². The predicted molar refractivity (Wildman–Crippen MR) is 121 cm³/mol. The van der Waals surface area contributed by atoms with Crippen LogP contribution in [0.2, 0.25) is 0 Å². The van der Waals surface area contributed by atoms with E-state index in [1.54, 1.807) is 42.1 Å². The van der Waals surface area contributed by atoms with Gasteiger partial charge in [0.2, 0.25) is 5.91 Å². The summed E-state index contributed by atoms with van der Waals surface area (Å²) in [7, 11) is 1.53. The number of amides is 1. The van der Waals surface area contributed by atoms with Crippen LogP contribution < -0.4 is 10.1 Å². The van der Waals surface area contributed by atoms with Crippen molar-refractivity contribution in [3.8, 4) is 5.75 Å². The van der Waals surface area contributed by atoms with E-state index in [2.05, 4.69) is 10.3 Å². The van der Waals surface area contributed by atoms with E-state index in [0.29, 0.717) is 22.7 Å². The number of para-hydroxylation sites is 1. The molecular weight excluding hydrogens is 396 g/mol. The molecule has 4 rings (SSSR count). The second-order valence-corrected chi connectivity index (χ2v) is 8.11. The SMILES string of the molecule is COc1ccccc1C(=O)c1ccc(NC(=O)C2(c3ccc(SC)cc3)CC2)nc1.[HH]. The highest BCUT2D eigenvalue weighted by molar-refractivity contribution is 7.98. The van der Waals surface area contributed by atoms with Crippen molar-refractivity contribution in [3.63, 3.8) is 0 Å². The molecule has 1 fully saturated rings. The zero-order chi connectivity index (χ0) is 21.1. The summed E-state index contributed by atoms with van der Waals surface area (Å²) in [6.07, 6.45) is 5.16. The van der Waals surface area contributed by atoms with E-state index in [9.17, 15) is 9.59 Å². The molecule has 5 nitrogen and oxygen atoms in total. The minimum Gasteiger partial charge on any atom is -0.496 e. The van der Waals surface area contributed by atoms with Gasteiger partial charge in [-0.1, -0.05) is 24.3 Å². The first-order valence-electron chi connectivity index (χ1n) is 9.67. The third-order valence-electron chi connectivity index (χ3n) is 5.45. The summed E-state index contributed by atoms with van der Waals surface area (Å²) in [4.78, 5) is 31.2. The monoisotopic (exact) mass is 420 g/mol. The fourth-order valence-corrected chi connectivity index (χ4v) is 3.92. The highest BCUT2D eigenvalue weighted by Crippen LogP contribution is 2.49. The fraction of sp³-hybridized carbons (Fsp3) is 0.208. The number of thioether (sulfide) groups is 1. The second kappa shape index (κ2) is 8.32. The number of anilines is 1. The Balaban J connectivity index is 0.00000272. The summed E-state index contributed by atoms with van der Waals surface area (Å²) >= 11 is 1.68. The van der Waals surface area contributed by atoms with E-state index in [1.165, 1.54) is 18.2 Å². The fourth-order valence-electron chi connectivity index (χ4n) is 3.51. The van der Waals surface area contributed by atoms with Crippen LogP contribution in [0.5, 0.6) is 5.75 Å². The highest BCUT2D eigenvalue weighted by Gasteiger charge is 2.51. The molecule has 1 aromatic heterocycles. The van der Waals surface area contributed by atoms with Crippen LogP contribution in [0.1, 0.15) is 35.8 Å². The lowest BCUT2D eigenvalue weighted by Gasteiger charge is -2.16. The summed E-state index contributed by atoms with van der Waals surface area (Å²) < 4.78 is 5.27. The Morgan fingerprint density at radius 3 is 2.40 bits per heavy atom. The van der Waals surface area contributed by atoms with Crippen molar-refractivity contribution in [2.24, 2.45) is 0 Å². The van der Waals surface area contributed by atoms with Gasteiger partial charge in [0, 0.05) is 18.1 Å². The number of hydrogen-bond acceptors (Lipinski definition) is 5. The number of carbonyl (C=O) groups is 2. The molecule has 6 heteroatoms. The Morgan fingerprint density at radius 2 is 1.80 bits per heavy atom. The Hall–Kier alpha value is -3.12. The number of aromatic nitrogens is 1. The van der Waals surface area contributed by atoms with Crippen molar-refractivity contribution in [2.75, 3.05) is 18.7 Å². The molecule has 0 saturated heterocycles. The number of ether oxygens (including phenoxy) is 1. The van der Waals surface area contributed by atoms with Crippen molar-refractivity contribution in [3.05, 3.63) is 83.6 Å². The molecule has 1 saturated carbocycles. The average molecular weight is 421 g/mol. The maximum Gasteiger partial charge on any atom is 0.236 e. The van der Waals surface area contributed by atoms with Gasteiger partial charge in [0.25, 0.3) is 0 Å². The van der Waals surface area contributed by atoms with Crippen molar-refractivity contribution in [1.29, 1.82) is 0 Å². The number of hydrogen-bond donors (Lipinski definition) is 1. The third-order valence-corrected chi connectivity index (χ3v) is 6.19. The molecule has 1 N–H and O–H groups in total. The number of nitrogens with one attached hydrogen (secondary N) is 1. The number of nitrogens with zero attached hydrogens (tertiary/aromatic N) is 1. The Labute approximate surface area is 181 Å². The third kappa shape index (κ3) is 3.83. The van der Waals surface area contributed by atoms with Crippen LogP contribution in [0.4, 0.5) is 5.82 Å². The van der Waals surface area contributed by atoms with E-state index in [4.69, 9.17) is 4.74 Å². The number of ketones is 1. The van der Waals surface area contributed by atoms with Gasteiger partial charge in [-0.2, -0.15) is 0 Å². The van der Waals surface area contributed by atoms with Gasteiger partial charge in [-0.25, -0.2) is 4.98 Å². The molecule has 3 aromatic rings. The molecule has 1 aliphatic carbocycles. The Kier molecular flexibility index (Phi) is 5.59. The van der Waals surface area contributed by atoms with Crippen molar-refractivity contribution < 1.29 is 15.8 Å². The first kappa shape index (κ1) is 20.2. The first-order valence-corrected chi connectivity index (χ1v) is 10.9. The van der Waals surface area contributed by atoms with Gasteiger partial charge < -0.3 is 10.1 Å².